The lowest BCUT2D eigenvalue weighted by Crippen LogP contribution is -2.20. The smallest absolute Gasteiger partial charge is 0.275 e. The number of hydrogen-bond donors (Lipinski definition) is 2. The molecule has 1 saturated heterocycles. The standard InChI is InChI=1S/C17H17FN6O2/c1-10-8-24-9-11(4-13(18)16(24)22-10)23-17(25)14-6-21-15(7-20-14)26-12-2-3-19-5-12/h4,6-9,12,19H,2-3,5H2,1H3,(H,23,25). The van der Waals surface area contributed by atoms with Crippen molar-refractivity contribution in [2.24, 2.45) is 0 Å². The molecule has 8 nitrogen and oxygen atoms in total. The first kappa shape index (κ1) is 16.4. The fourth-order valence-electron chi connectivity index (χ4n) is 2.84. The molecule has 0 radical (unpaired) electrons. The molecule has 2 N–H and O–H groups in total. The topological polar surface area (TPSA) is 93.4 Å². The minimum absolute atomic E-state index is 0.0670. The molecule has 26 heavy (non-hydrogen) atoms. The Morgan fingerprint density at radius 3 is 3.00 bits per heavy atom. The van der Waals surface area contributed by atoms with Crippen molar-refractivity contribution in [2.45, 2.75) is 19.4 Å². The number of anilines is 1. The molecule has 0 aliphatic carbocycles. The van der Waals surface area contributed by atoms with E-state index in [1.165, 1.54) is 22.9 Å². The first-order valence-corrected chi connectivity index (χ1v) is 8.24. The molecule has 0 aromatic carbocycles. The first-order valence-electron chi connectivity index (χ1n) is 8.24. The zero-order valence-corrected chi connectivity index (χ0v) is 14.1. The molecule has 1 aliphatic rings. The third-order valence-electron chi connectivity index (χ3n) is 4.05. The van der Waals surface area contributed by atoms with Gasteiger partial charge in [0.1, 0.15) is 11.8 Å². The Kier molecular flexibility index (Phi) is 4.21. The number of carbonyl (C=O) groups excluding carboxylic acids is 1. The van der Waals surface area contributed by atoms with Gasteiger partial charge in [-0.3, -0.25) is 4.79 Å². The van der Waals surface area contributed by atoms with Gasteiger partial charge >= 0.3 is 0 Å². The van der Waals surface area contributed by atoms with Gasteiger partial charge in [-0.25, -0.2) is 19.3 Å². The Morgan fingerprint density at radius 2 is 2.27 bits per heavy atom. The van der Waals surface area contributed by atoms with Crippen molar-refractivity contribution < 1.29 is 13.9 Å². The summed E-state index contributed by atoms with van der Waals surface area (Å²) in [6.45, 7) is 3.45. The lowest BCUT2D eigenvalue weighted by molar-refractivity contribution is 0.102. The highest BCUT2D eigenvalue weighted by Gasteiger charge is 2.17. The SMILES string of the molecule is Cc1cn2cc(NC(=O)c3cnc(OC4CCNC4)cn3)cc(F)c2n1. The van der Waals surface area contributed by atoms with E-state index in [4.69, 9.17) is 4.74 Å². The van der Waals surface area contributed by atoms with Gasteiger partial charge in [0.25, 0.3) is 5.91 Å². The maximum absolute atomic E-state index is 14.1. The molecule has 4 rings (SSSR count). The number of halogens is 1. The van der Waals surface area contributed by atoms with Gasteiger partial charge in [0.15, 0.2) is 11.5 Å². The molecule has 1 atom stereocenters. The van der Waals surface area contributed by atoms with Gasteiger partial charge in [-0.05, 0) is 19.9 Å². The average Bonchev–Trinajstić information content (AvgIpc) is 3.24. The van der Waals surface area contributed by atoms with Crippen LogP contribution in [0.25, 0.3) is 5.65 Å². The van der Waals surface area contributed by atoms with Crippen LogP contribution in [0.3, 0.4) is 0 Å². The summed E-state index contributed by atoms with van der Waals surface area (Å²) in [5, 5.41) is 5.81. The van der Waals surface area contributed by atoms with Crippen LogP contribution in [0.2, 0.25) is 0 Å². The number of nitrogens with one attached hydrogen (secondary N) is 2. The zero-order chi connectivity index (χ0) is 18.1. The lowest BCUT2D eigenvalue weighted by atomic mass is 10.3. The maximum Gasteiger partial charge on any atom is 0.275 e. The molecule has 9 heteroatoms. The van der Waals surface area contributed by atoms with E-state index in [-0.39, 0.29) is 17.4 Å². The van der Waals surface area contributed by atoms with Crippen LogP contribution in [0.1, 0.15) is 22.6 Å². The third-order valence-corrected chi connectivity index (χ3v) is 4.05. The molecule has 3 aromatic rings. The van der Waals surface area contributed by atoms with Gasteiger partial charge < -0.3 is 19.8 Å². The predicted molar refractivity (Wildman–Crippen MR) is 91.8 cm³/mol. The molecular weight excluding hydrogens is 339 g/mol. The highest BCUT2D eigenvalue weighted by atomic mass is 19.1. The Bertz CT molecular complexity index is 950. The summed E-state index contributed by atoms with van der Waals surface area (Å²) in [5.74, 6) is -0.630. The molecule has 0 spiro atoms. The van der Waals surface area contributed by atoms with Gasteiger partial charge in [0, 0.05) is 25.0 Å². The van der Waals surface area contributed by atoms with E-state index >= 15 is 0 Å². The van der Waals surface area contributed by atoms with Gasteiger partial charge in [0.2, 0.25) is 5.88 Å². The fraction of sp³-hybridized carbons (Fsp3) is 0.294. The van der Waals surface area contributed by atoms with Crippen LogP contribution in [0.5, 0.6) is 5.88 Å². The molecular formula is C17H17FN6O2. The summed E-state index contributed by atoms with van der Waals surface area (Å²) in [7, 11) is 0. The predicted octanol–water partition coefficient (Wildman–Crippen LogP) is 1.56. The number of ether oxygens (including phenoxy) is 1. The zero-order valence-electron chi connectivity index (χ0n) is 14.1. The van der Waals surface area contributed by atoms with E-state index < -0.39 is 11.7 Å². The molecule has 1 unspecified atom stereocenters. The van der Waals surface area contributed by atoms with E-state index in [9.17, 15) is 9.18 Å². The number of aromatic nitrogens is 4. The number of carbonyl (C=O) groups is 1. The molecule has 1 amide bonds. The molecule has 0 bridgehead atoms. The number of hydrogen-bond acceptors (Lipinski definition) is 6. The van der Waals surface area contributed by atoms with Crippen molar-refractivity contribution in [3.63, 3.8) is 0 Å². The Balaban J connectivity index is 1.47. The van der Waals surface area contributed by atoms with Crippen LogP contribution in [0.15, 0.2) is 30.9 Å². The van der Waals surface area contributed by atoms with Crippen molar-refractivity contribution in [2.75, 3.05) is 18.4 Å². The second-order valence-electron chi connectivity index (χ2n) is 6.12. The van der Waals surface area contributed by atoms with E-state index in [2.05, 4.69) is 25.6 Å². The summed E-state index contributed by atoms with van der Waals surface area (Å²) in [6.07, 6.45) is 6.99. The highest BCUT2D eigenvalue weighted by molar-refractivity contribution is 6.02. The highest BCUT2D eigenvalue weighted by Crippen LogP contribution is 2.17. The fourth-order valence-corrected chi connectivity index (χ4v) is 2.84. The van der Waals surface area contributed by atoms with Gasteiger partial charge in [0.05, 0.1) is 23.8 Å². The summed E-state index contributed by atoms with van der Waals surface area (Å²) < 4.78 is 21.3. The van der Waals surface area contributed by atoms with Gasteiger partial charge in [-0.2, -0.15) is 0 Å². The van der Waals surface area contributed by atoms with E-state index in [0.717, 1.165) is 19.5 Å². The number of imidazole rings is 1. The molecule has 0 saturated carbocycles. The number of rotatable bonds is 4. The number of fused-ring (bicyclic) bond motifs is 1. The quantitative estimate of drug-likeness (QED) is 0.737. The summed E-state index contributed by atoms with van der Waals surface area (Å²) in [6, 6.07) is 1.22. The lowest BCUT2D eigenvalue weighted by Gasteiger charge is -2.11. The molecule has 134 valence electrons. The van der Waals surface area contributed by atoms with E-state index in [1.807, 2.05) is 0 Å². The van der Waals surface area contributed by atoms with Crippen molar-refractivity contribution in [1.29, 1.82) is 0 Å². The largest absolute Gasteiger partial charge is 0.472 e. The third kappa shape index (κ3) is 3.33. The number of pyridine rings is 1. The van der Waals surface area contributed by atoms with E-state index in [1.54, 1.807) is 19.3 Å². The van der Waals surface area contributed by atoms with Crippen LogP contribution in [-0.2, 0) is 0 Å². The normalized spacial score (nSPS) is 16.8. The molecule has 1 fully saturated rings. The Labute approximate surface area is 148 Å². The number of aryl methyl sites for hydroxylation is 1. The van der Waals surface area contributed by atoms with Crippen LogP contribution in [0.4, 0.5) is 10.1 Å². The van der Waals surface area contributed by atoms with Crippen molar-refractivity contribution in [3.8, 4) is 5.88 Å². The van der Waals surface area contributed by atoms with Crippen molar-refractivity contribution >= 4 is 17.2 Å². The maximum atomic E-state index is 14.1. The summed E-state index contributed by atoms with van der Waals surface area (Å²) >= 11 is 0. The van der Waals surface area contributed by atoms with Crippen LogP contribution >= 0.6 is 0 Å². The van der Waals surface area contributed by atoms with Crippen LogP contribution < -0.4 is 15.4 Å². The second kappa shape index (κ2) is 6.68. The summed E-state index contributed by atoms with van der Waals surface area (Å²) in [4.78, 5) is 24.6. The van der Waals surface area contributed by atoms with Gasteiger partial charge in [-0.15, -0.1) is 0 Å². The minimum atomic E-state index is -0.518. The van der Waals surface area contributed by atoms with Crippen LogP contribution in [0, 0.1) is 12.7 Å². The monoisotopic (exact) mass is 356 g/mol. The number of nitrogens with zero attached hydrogens (tertiary/aromatic N) is 4. The first-order chi connectivity index (χ1) is 12.6. The molecule has 1 aliphatic heterocycles. The Hall–Kier alpha value is -3.07. The Morgan fingerprint density at radius 1 is 1.38 bits per heavy atom. The van der Waals surface area contributed by atoms with Crippen LogP contribution in [-0.4, -0.2) is 44.5 Å². The second-order valence-corrected chi connectivity index (χ2v) is 6.12. The van der Waals surface area contributed by atoms with Crippen molar-refractivity contribution in [1.82, 2.24) is 24.7 Å². The molecule has 3 aromatic heterocycles. The molecule has 4 heterocycles. The van der Waals surface area contributed by atoms with Gasteiger partial charge in [-0.1, -0.05) is 0 Å². The number of amides is 1. The average molecular weight is 356 g/mol. The minimum Gasteiger partial charge on any atom is -0.472 e. The summed E-state index contributed by atoms with van der Waals surface area (Å²) in [5.41, 5.74) is 1.32. The van der Waals surface area contributed by atoms with Crippen molar-refractivity contribution in [3.05, 3.63) is 48.1 Å². The van der Waals surface area contributed by atoms with E-state index in [0.29, 0.717) is 17.3 Å².